The number of carbonyl (C=O) groups is 1. The molecule has 84 valence electrons. The van der Waals surface area contributed by atoms with Crippen LogP contribution in [0.25, 0.3) is 6.08 Å². The lowest BCUT2D eigenvalue weighted by Crippen LogP contribution is -2.36. The fraction of sp³-hybridized carbons (Fsp3) is 0.308. The average Bonchev–Trinajstić information content (AvgIpc) is 2.55. The Morgan fingerprint density at radius 3 is 2.81 bits per heavy atom. The number of aliphatic carboxylic acids is 1. The second-order valence-electron chi connectivity index (χ2n) is 4.18. The predicted octanol–water partition coefficient (Wildman–Crippen LogP) is 2.21. The standard InChI is InChI=1S/C13H15NO2/c1-8-7-10-5-3-4-6-11(10)12(8)14-9(2)13(15)16/h3-7,9,12,14H,1-2H3,(H,15,16)/t9-,12-/m0/s1. The summed E-state index contributed by atoms with van der Waals surface area (Å²) in [7, 11) is 0. The molecule has 0 aliphatic heterocycles. The van der Waals surface area contributed by atoms with Crippen LogP contribution in [0, 0.1) is 0 Å². The molecule has 1 aliphatic carbocycles. The summed E-state index contributed by atoms with van der Waals surface area (Å²) >= 11 is 0. The van der Waals surface area contributed by atoms with Crippen molar-refractivity contribution in [2.45, 2.75) is 25.9 Å². The van der Waals surface area contributed by atoms with Crippen LogP contribution in [-0.2, 0) is 4.79 Å². The van der Waals surface area contributed by atoms with Gasteiger partial charge in [0, 0.05) is 0 Å². The molecule has 16 heavy (non-hydrogen) atoms. The van der Waals surface area contributed by atoms with Gasteiger partial charge < -0.3 is 5.11 Å². The molecular formula is C13H15NO2. The molecule has 0 saturated heterocycles. The summed E-state index contributed by atoms with van der Waals surface area (Å²) in [5, 5.41) is 12.0. The number of nitrogens with one attached hydrogen (secondary N) is 1. The topological polar surface area (TPSA) is 49.3 Å². The first kappa shape index (κ1) is 10.9. The molecule has 0 spiro atoms. The molecule has 0 saturated carbocycles. The molecule has 1 aliphatic rings. The highest BCUT2D eigenvalue weighted by atomic mass is 16.4. The molecule has 0 fully saturated rings. The molecule has 0 bridgehead atoms. The van der Waals surface area contributed by atoms with Crippen LogP contribution in [0.5, 0.6) is 0 Å². The van der Waals surface area contributed by atoms with Gasteiger partial charge in [-0.2, -0.15) is 0 Å². The van der Waals surface area contributed by atoms with Crippen molar-refractivity contribution >= 4 is 12.0 Å². The number of benzene rings is 1. The molecule has 2 N–H and O–H groups in total. The third-order valence-electron chi connectivity index (χ3n) is 2.93. The van der Waals surface area contributed by atoms with Gasteiger partial charge in [-0.25, -0.2) is 0 Å². The Hall–Kier alpha value is -1.61. The number of fused-ring (bicyclic) bond motifs is 1. The minimum absolute atomic E-state index is 0.0299. The molecule has 2 rings (SSSR count). The molecule has 1 aromatic rings. The van der Waals surface area contributed by atoms with Gasteiger partial charge in [-0.15, -0.1) is 0 Å². The molecule has 0 heterocycles. The summed E-state index contributed by atoms with van der Waals surface area (Å²) in [5.41, 5.74) is 3.50. The van der Waals surface area contributed by atoms with Gasteiger partial charge >= 0.3 is 5.97 Å². The quantitative estimate of drug-likeness (QED) is 0.816. The van der Waals surface area contributed by atoms with Crippen molar-refractivity contribution in [3.63, 3.8) is 0 Å². The van der Waals surface area contributed by atoms with Crippen LogP contribution in [0.2, 0.25) is 0 Å². The highest BCUT2D eigenvalue weighted by Gasteiger charge is 2.25. The van der Waals surface area contributed by atoms with Gasteiger partial charge in [0.2, 0.25) is 0 Å². The van der Waals surface area contributed by atoms with Crippen LogP contribution in [0.1, 0.15) is 31.0 Å². The van der Waals surface area contributed by atoms with Crippen molar-refractivity contribution in [1.82, 2.24) is 5.32 Å². The van der Waals surface area contributed by atoms with E-state index in [-0.39, 0.29) is 6.04 Å². The van der Waals surface area contributed by atoms with Crippen molar-refractivity contribution in [1.29, 1.82) is 0 Å². The maximum atomic E-state index is 10.8. The second-order valence-corrected chi connectivity index (χ2v) is 4.18. The summed E-state index contributed by atoms with van der Waals surface area (Å²) in [6, 6.07) is 7.54. The zero-order valence-corrected chi connectivity index (χ0v) is 9.40. The molecule has 1 aromatic carbocycles. The Morgan fingerprint density at radius 2 is 2.12 bits per heavy atom. The van der Waals surface area contributed by atoms with Crippen molar-refractivity contribution in [3.8, 4) is 0 Å². The van der Waals surface area contributed by atoms with E-state index in [1.807, 2.05) is 31.2 Å². The van der Waals surface area contributed by atoms with E-state index in [1.165, 1.54) is 5.56 Å². The number of carboxylic acid groups (broad SMARTS) is 1. The minimum atomic E-state index is -0.822. The fourth-order valence-corrected chi connectivity index (χ4v) is 2.02. The Bertz CT molecular complexity index is 451. The van der Waals surface area contributed by atoms with Gasteiger partial charge in [-0.1, -0.05) is 35.9 Å². The number of rotatable bonds is 3. The van der Waals surface area contributed by atoms with Crippen LogP contribution < -0.4 is 5.32 Å². The third-order valence-corrected chi connectivity index (χ3v) is 2.93. The van der Waals surface area contributed by atoms with Crippen molar-refractivity contribution < 1.29 is 9.90 Å². The van der Waals surface area contributed by atoms with Gasteiger partial charge in [0.25, 0.3) is 0 Å². The minimum Gasteiger partial charge on any atom is -0.480 e. The molecule has 0 amide bonds. The third kappa shape index (κ3) is 1.86. The van der Waals surface area contributed by atoms with Crippen molar-refractivity contribution in [2.24, 2.45) is 0 Å². The van der Waals surface area contributed by atoms with Gasteiger partial charge in [0.05, 0.1) is 6.04 Å². The number of hydrogen-bond acceptors (Lipinski definition) is 2. The van der Waals surface area contributed by atoms with Gasteiger partial charge in [0.1, 0.15) is 6.04 Å². The molecule has 2 atom stereocenters. The zero-order chi connectivity index (χ0) is 11.7. The SMILES string of the molecule is CC1=Cc2ccccc2[C@H]1N[C@@H](C)C(=O)O. The first-order valence-electron chi connectivity index (χ1n) is 5.35. The molecule has 0 aromatic heterocycles. The smallest absolute Gasteiger partial charge is 0.320 e. The van der Waals surface area contributed by atoms with Gasteiger partial charge in [-0.05, 0) is 25.0 Å². The van der Waals surface area contributed by atoms with E-state index in [1.54, 1.807) is 6.92 Å². The zero-order valence-electron chi connectivity index (χ0n) is 9.40. The highest BCUT2D eigenvalue weighted by Crippen LogP contribution is 2.33. The fourth-order valence-electron chi connectivity index (χ4n) is 2.02. The summed E-state index contributed by atoms with van der Waals surface area (Å²) in [6.07, 6.45) is 2.10. The lowest BCUT2D eigenvalue weighted by molar-refractivity contribution is -0.139. The molecule has 0 unspecified atom stereocenters. The van der Waals surface area contributed by atoms with Crippen LogP contribution in [0.15, 0.2) is 29.8 Å². The molecule has 3 nitrogen and oxygen atoms in total. The van der Waals surface area contributed by atoms with Crippen molar-refractivity contribution in [3.05, 3.63) is 41.0 Å². The molecule has 0 radical (unpaired) electrons. The van der Waals surface area contributed by atoms with Crippen LogP contribution in [0.3, 0.4) is 0 Å². The summed E-state index contributed by atoms with van der Waals surface area (Å²) in [6.45, 7) is 3.68. The Labute approximate surface area is 94.8 Å². The van der Waals surface area contributed by atoms with Gasteiger partial charge in [0.15, 0.2) is 0 Å². The van der Waals surface area contributed by atoms with Crippen LogP contribution in [-0.4, -0.2) is 17.1 Å². The highest BCUT2D eigenvalue weighted by molar-refractivity contribution is 5.73. The van der Waals surface area contributed by atoms with E-state index in [2.05, 4.69) is 11.4 Å². The van der Waals surface area contributed by atoms with Crippen molar-refractivity contribution in [2.75, 3.05) is 0 Å². The molecule has 3 heteroatoms. The summed E-state index contributed by atoms with van der Waals surface area (Å²) in [5.74, 6) is -0.822. The average molecular weight is 217 g/mol. The van der Waals surface area contributed by atoms with E-state index in [0.717, 1.165) is 11.1 Å². The Kier molecular flexibility index (Phi) is 2.79. The normalized spacial score (nSPS) is 20.1. The second kappa shape index (κ2) is 4.10. The Balaban J connectivity index is 2.24. The largest absolute Gasteiger partial charge is 0.480 e. The summed E-state index contributed by atoms with van der Waals surface area (Å²) < 4.78 is 0. The predicted molar refractivity (Wildman–Crippen MR) is 63.1 cm³/mol. The molecular weight excluding hydrogens is 202 g/mol. The van der Waals surface area contributed by atoms with Crippen LogP contribution in [0.4, 0.5) is 0 Å². The van der Waals surface area contributed by atoms with Gasteiger partial charge in [-0.3, -0.25) is 10.1 Å². The first-order chi connectivity index (χ1) is 7.59. The number of hydrogen-bond donors (Lipinski definition) is 2. The first-order valence-corrected chi connectivity index (χ1v) is 5.35. The lowest BCUT2D eigenvalue weighted by Gasteiger charge is -2.19. The van der Waals surface area contributed by atoms with E-state index in [0.29, 0.717) is 0 Å². The van der Waals surface area contributed by atoms with E-state index >= 15 is 0 Å². The lowest BCUT2D eigenvalue weighted by atomic mass is 10.0. The Morgan fingerprint density at radius 1 is 1.44 bits per heavy atom. The maximum Gasteiger partial charge on any atom is 0.320 e. The maximum absolute atomic E-state index is 10.8. The monoisotopic (exact) mass is 217 g/mol. The van der Waals surface area contributed by atoms with Crippen LogP contribution >= 0.6 is 0 Å². The summed E-state index contributed by atoms with van der Waals surface area (Å²) in [4.78, 5) is 10.8. The van der Waals surface area contributed by atoms with E-state index < -0.39 is 12.0 Å². The van der Waals surface area contributed by atoms with E-state index in [4.69, 9.17) is 5.11 Å². The number of carboxylic acids is 1. The van der Waals surface area contributed by atoms with E-state index in [9.17, 15) is 4.79 Å².